The van der Waals surface area contributed by atoms with Crippen LogP contribution in [0.1, 0.15) is 23.7 Å². The average Bonchev–Trinajstić information content (AvgIpc) is 2.90. The van der Waals surface area contributed by atoms with E-state index in [4.69, 9.17) is 4.74 Å². The van der Waals surface area contributed by atoms with Gasteiger partial charge in [-0.15, -0.1) is 5.10 Å². The van der Waals surface area contributed by atoms with E-state index in [-0.39, 0.29) is 12.4 Å². The molecule has 0 fully saturated rings. The molecule has 0 saturated heterocycles. The van der Waals surface area contributed by atoms with Gasteiger partial charge in [-0.25, -0.2) is 0 Å². The molecular formula is C20H21F2N3O2. The van der Waals surface area contributed by atoms with E-state index in [9.17, 15) is 8.78 Å². The van der Waals surface area contributed by atoms with E-state index in [1.807, 2.05) is 13.0 Å². The number of halogens is 2. The van der Waals surface area contributed by atoms with Crippen LogP contribution in [0.25, 0.3) is 10.9 Å². The Morgan fingerprint density at radius 1 is 1.19 bits per heavy atom. The molecule has 0 aliphatic carbocycles. The summed E-state index contributed by atoms with van der Waals surface area (Å²) in [6.07, 6.45) is 5.81. The summed E-state index contributed by atoms with van der Waals surface area (Å²) in [6.45, 7) is 4.22. The number of nitrogens with zero attached hydrogens (tertiary/aromatic N) is 3. The smallest absolute Gasteiger partial charge is 0.387 e. The van der Waals surface area contributed by atoms with E-state index >= 15 is 0 Å². The Balaban J connectivity index is 1.85. The average molecular weight is 373 g/mol. The summed E-state index contributed by atoms with van der Waals surface area (Å²) in [5, 5.41) is 9.22. The fourth-order valence-electron chi connectivity index (χ4n) is 2.92. The van der Waals surface area contributed by atoms with Gasteiger partial charge in [-0.2, -0.15) is 13.9 Å². The Labute approximate surface area is 156 Å². The third kappa shape index (κ3) is 4.07. The number of hydrogen-bond acceptors (Lipinski definition) is 4. The van der Waals surface area contributed by atoms with Crippen LogP contribution < -0.4 is 9.47 Å². The molecule has 2 heterocycles. The monoisotopic (exact) mass is 373 g/mol. The number of fused-ring (bicyclic) bond motifs is 1. The Kier molecular flexibility index (Phi) is 5.69. The lowest BCUT2D eigenvalue weighted by Gasteiger charge is -2.10. The third-order valence-corrected chi connectivity index (χ3v) is 4.46. The van der Waals surface area contributed by atoms with Crippen molar-refractivity contribution >= 4 is 10.9 Å². The van der Waals surface area contributed by atoms with E-state index in [0.717, 1.165) is 27.7 Å². The number of benzene rings is 1. The van der Waals surface area contributed by atoms with Crippen molar-refractivity contribution in [3.63, 3.8) is 0 Å². The van der Waals surface area contributed by atoms with Gasteiger partial charge in [-0.1, -0.05) is 24.3 Å². The van der Waals surface area contributed by atoms with Crippen molar-refractivity contribution in [3.8, 4) is 11.6 Å². The van der Waals surface area contributed by atoms with Gasteiger partial charge in [-0.05, 0) is 44.0 Å². The van der Waals surface area contributed by atoms with Gasteiger partial charge in [0.25, 0.3) is 5.88 Å². The van der Waals surface area contributed by atoms with Crippen LogP contribution in [0.4, 0.5) is 8.78 Å². The zero-order valence-electron chi connectivity index (χ0n) is 15.4. The standard InChI is InChI=1S/C20H21F2N3O2/c1-4-5-10-25-14(3)13(2)17-11-23-24-19(18(17)25)26-12-15-6-8-16(9-7-15)27-20(21)22/h4-9,11,20H,10,12H2,1-3H3. The number of aromatic nitrogens is 3. The van der Waals surface area contributed by atoms with Crippen LogP contribution in [0.15, 0.2) is 42.6 Å². The minimum Gasteiger partial charge on any atom is -0.470 e. The predicted octanol–water partition coefficient (Wildman–Crippen LogP) is 4.80. The van der Waals surface area contributed by atoms with Crippen LogP contribution in [0.5, 0.6) is 11.6 Å². The summed E-state index contributed by atoms with van der Waals surface area (Å²) in [5.74, 6) is 0.559. The van der Waals surface area contributed by atoms with Crippen LogP contribution in [-0.2, 0) is 13.2 Å². The molecule has 0 N–H and O–H groups in total. The van der Waals surface area contributed by atoms with Crippen molar-refractivity contribution < 1.29 is 18.3 Å². The first-order chi connectivity index (χ1) is 13.0. The Hall–Kier alpha value is -2.96. The van der Waals surface area contributed by atoms with Gasteiger partial charge < -0.3 is 14.0 Å². The molecular weight excluding hydrogens is 352 g/mol. The molecule has 3 rings (SSSR count). The number of aryl methyl sites for hydroxylation is 1. The fourth-order valence-corrected chi connectivity index (χ4v) is 2.92. The number of allylic oxidation sites excluding steroid dienone is 2. The summed E-state index contributed by atoms with van der Waals surface area (Å²) in [4.78, 5) is 0. The molecule has 3 aromatic rings. The first-order valence-corrected chi connectivity index (χ1v) is 8.60. The Morgan fingerprint density at radius 3 is 2.59 bits per heavy atom. The van der Waals surface area contributed by atoms with Crippen molar-refractivity contribution in [1.29, 1.82) is 0 Å². The van der Waals surface area contributed by atoms with E-state index in [1.165, 1.54) is 12.1 Å². The second kappa shape index (κ2) is 8.16. The molecule has 0 amide bonds. The molecule has 0 radical (unpaired) electrons. The van der Waals surface area contributed by atoms with Gasteiger partial charge in [-0.3, -0.25) is 0 Å². The lowest BCUT2D eigenvalue weighted by atomic mass is 10.2. The SMILES string of the molecule is CC=CCn1c(C)c(C)c2cnnc(OCc3ccc(OC(F)F)cc3)c21. The summed E-state index contributed by atoms with van der Waals surface area (Å²) >= 11 is 0. The van der Waals surface area contributed by atoms with Crippen molar-refractivity contribution in [2.45, 2.75) is 40.5 Å². The first kappa shape index (κ1) is 18.8. The minimum absolute atomic E-state index is 0.113. The topological polar surface area (TPSA) is 49.2 Å². The number of rotatable bonds is 7. The molecule has 5 nitrogen and oxygen atoms in total. The largest absolute Gasteiger partial charge is 0.470 e. The highest BCUT2D eigenvalue weighted by Crippen LogP contribution is 2.30. The second-order valence-electron chi connectivity index (χ2n) is 6.11. The molecule has 1 aromatic carbocycles. The molecule has 27 heavy (non-hydrogen) atoms. The highest BCUT2D eigenvalue weighted by molar-refractivity contribution is 5.88. The summed E-state index contributed by atoms with van der Waals surface area (Å²) in [6, 6.07) is 6.33. The maximum atomic E-state index is 12.2. The lowest BCUT2D eigenvalue weighted by molar-refractivity contribution is -0.0498. The van der Waals surface area contributed by atoms with E-state index < -0.39 is 6.61 Å². The summed E-state index contributed by atoms with van der Waals surface area (Å²) in [5.41, 5.74) is 3.99. The molecule has 0 aliphatic rings. The fraction of sp³-hybridized carbons (Fsp3) is 0.300. The molecule has 0 atom stereocenters. The molecule has 0 aliphatic heterocycles. The van der Waals surface area contributed by atoms with Crippen LogP contribution in [0.3, 0.4) is 0 Å². The Morgan fingerprint density at radius 2 is 1.93 bits per heavy atom. The van der Waals surface area contributed by atoms with Crippen LogP contribution in [0, 0.1) is 13.8 Å². The van der Waals surface area contributed by atoms with Gasteiger partial charge in [0.2, 0.25) is 0 Å². The molecule has 0 spiro atoms. The molecule has 7 heteroatoms. The third-order valence-electron chi connectivity index (χ3n) is 4.46. The zero-order valence-corrected chi connectivity index (χ0v) is 15.4. The number of ether oxygens (including phenoxy) is 2. The minimum atomic E-state index is -2.84. The van der Waals surface area contributed by atoms with Gasteiger partial charge in [0.1, 0.15) is 17.9 Å². The van der Waals surface area contributed by atoms with E-state index in [1.54, 1.807) is 18.3 Å². The van der Waals surface area contributed by atoms with Crippen molar-refractivity contribution in [2.24, 2.45) is 0 Å². The van der Waals surface area contributed by atoms with Gasteiger partial charge in [0.05, 0.1) is 6.20 Å². The highest BCUT2D eigenvalue weighted by atomic mass is 19.3. The van der Waals surface area contributed by atoms with Crippen molar-refractivity contribution in [1.82, 2.24) is 14.8 Å². The normalized spacial score (nSPS) is 11.6. The Bertz CT molecular complexity index is 950. The predicted molar refractivity (Wildman–Crippen MR) is 99.2 cm³/mol. The van der Waals surface area contributed by atoms with Gasteiger partial charge in [0, 0.05) is 17.6 Å². The van der Waals surface area contributed by atoms with Crippen LogP contribution in [-0.4, -0.2) is 21.4 Å². The van der Waals surface area contributed by atoms with Crippen molar-refractivity contribution in [2.75, 3.05) is 0 Å². The summed E-state index contributed by atoms with van der Waals surface area (Å²) in [7, 11) is 0. The summed E-state index contributed by atoms with van der Waals surface area (Å²) < 4.78 is 36.9. The first-order valence-electron chi connectivity index (χ1n) is 8.60. The molecule has 0 saturated carbocycles. The highest BCUT2D eigenvalue weighted by Gasteiger charge is 2.16. The molecule has 0 bridgehead atoms. The maximum absolute atomic E-state index is 12.2. The molecule has 0 unspecified atom stereocenters. The number of hydrogen-bond donors (Lipinski definition) is 0. The van der Waals surface area contributed by atoms with Gasteiger partial charge >= 0.3 is 6.61 Å². The molecule has 2 aromatic heterocycles. The lowest BCUT2D eigenvalue weighted by Crippen LogP contribution is -2.04. The molecule has 142 valence electrons. The second-order valence-corrected chi connectivity index (χ2v) is 6.11. The van der Waals surface area contributed by atoms with E-state index in [0.29, 0.717) is 12.4 Å². The van der Waals surface area contributed by atoms with E-state index in [2.05, 4.69) is 39.4 Å². The zero-order chi connectivity index (χ0) is 19.4. The van der Waals surface area contributed by atoms with Crippen molar-refractivity contribution in [3.05, 3.63) is 59.4 Å². The van der Waals surface area contributed by atoms with Gasteiger partial charge in [0.15, 0.2) is 0 Å². The quantitative estimate of drug-likeness (QED) is 0.558. The van der Waals surface area contributed by atoms with Crippen LogP contribution in [0.2, 0.25) is 0 Å². The number of alkyl halides is 2. The van der Waals surface area contributed by atoms with Crippen LogP contribution >= 0.6 is 0 Å². The maximum Gasteiger partial charge on any atom is 0.387 e.